The van der Waals surface area contributed by atoms with Crippen LogP contribution >= 0.6 is 0 Å². The number of nitrogens with one attached hydrogen (secondary N) is 2. The van der Waals surface area contributed by atoms with Crippen LogP contribution in [0.4, 0.5) is 13.6 Å². The molecular weight excluding hydrogens is 290 g/mol. The average Bonchev–Trinajstić information content (AvgIpc) is 2.38. The van der Waals surface area contributed by atoms with Gasteiger partial charge in [0.15, 0.2) is 0 Å². The summed E-state index contributed by atoms with van der Waals surface area (Å²) in [5, 5.41) is 21.2. The minimum absolute atomic E-state index is 0.129. The van der Waals surface area contributed by atoms with Crippen LogP contribution in [-0.2, 0) is 16.1 Å². The van der Waals surface area contributed by atoms with E-state index in [0.717, 1.165) is 18.2 Å². The minimum Gasteiger partial charge on any atom is -0.481 e. The van der Waals surface area contributed by atoms with Crippen LogP contribution in [0.25, 0.3) is 0 Å². The maximum Gasteiger partial charge on any atom is 0.326 e. The van der Waals surface area contributed by atoms with Gasteiger partial charge in [-0.2, -0.15) is 0 Å². The predicted octanol–water partition coefficient (Wildman–Crippen LogP) is 0.692. The lowest BCUT2D eigenvalue weighted by molar-refractivity contribution is -0.145. The maximum absolute atomic E-state index is 13.3. The molecule has 1 atom stereocenters. The fourth-order valence-electron chi connectivity index (χ4n) is 1.44. The first-order valence-electron chi connectivity index (χ1n) is 5.72. The summed E-state index contributed by atoms with van der Waals surface area (Å²) in [6.07, 6.45) is -0.808. The van der Waals surface area contributed by atoms with Crippen LogP contribution in [0.1, 0.15) is 12.0 Å². The second-order valence-electron chi connectivity index (χ2n) is 4.05. The third kappa shape index (κ3) is 5.43. The van der Waals surface area contributed by atoms with Gasteiger partial charge in [-0.15, -0.1) is 0 Å². The summed E-state index contributed by atoms with van der Waals surface area (Å²) in [5.41, 5.74) is -0.129. The quantitative estimate of drug-likeness (QED) is 0.617. The maximum atomic E-state index is 13.3. The second kappa shape index (κ2) is 7.17. The number of hydrogen-bond acceptors (Lipinski definition) is 3. The van der Waals surface area contributed by atoms with E-state index in [-0.39, 0.29) is 12.1 Å². The van der Waals surface area contributed by atoms with Crippen LogP contribution in [0.3, 0.4) is 0 Å². The number of carbonyl (C=O) groups is 3. The van der Waals surface area contributed by atoms with E-state index in [1.165, 1.54) is 0 Å². The van der Waals surface area contributed by atoms with Crippen molar-refractivity contribution in [3.8, 4) is 0 Å². The van der Waals surface area contributed by atoms with Crippen molar-refractivity contribution in [3.05, 3.63) is 35.4 Å². The first kappa shape index (κ1) is 16.3. The Balaban J connectivity index is 2.58. The lowest BCUT2D eigenvalue weighted by Crippen LogP contribution is -2.46. The molecule has 0 aromatic heterocycles. The number of carbonyl (C=O) groups excluding carboxylic acids is 1. The summed E-state index contributed by atoms with van der Waals surface area (Å²) < 4.78 is 26.2. The standard InChI is InChI=1S/C12H12F2N2O5/c13-7-1-2-8(14)6(3-7)5-15-12(21)16-9(11(19)20)4-10(17)18/h1-3,9H,4-5H2,(H,17,18)(H,19,20)(H2,15,16,21)/t9-/m0/s1. The number of carboxylic acid groups (broad SMARTS) is 2. The Morgan fingerprint density at radius 3 is 2.43 bits per heavy atom. The van der Waals surface area contributed by atoms with Crippen LogP contribution in [0, 0.1) is 11.6 Å². The molecule has 21 heavy (non-hydrogen) atoms. The fourth-order valence-corrected chi connectivity index (χ4v) is 1.44. The number of rotatable bonds is 6. The average molecular weight is 302 g/mol. The van der Waals surface area contributed by atoms with Gasteiger partial charge in [0, 0.05) is 12.1 Å². The van der Waals surface area contributed by atoms with E-state index in [0.29, 0.717) is 0 Å². The highest BCUT2D eigenvalue weighted by molar-refractivity contribution is 5.86. The Kier molecular flexibility index (Phi) is 5.58. The lowest BCUT2D eigenvalue weighted by atomic mass is 10.2. The second-order valence-corrected chi connectivity index (χ2v) is 4.05. The predicted molar refractivity (Wildman–Crippen MR) is 65.4 cm³/mol. The zero-order valence-corrected chi connectivity index (χ0v) is 10.6. The molecule has 0 spiro atoms. The molecule has 0 saturated heterocycles. The fraction of sp³-hybridized carbons (Fsp3) is 0.250. The van der Waals surface area contributed by atoms with E-state index in [4.69, 9.17) is 10.2 Å². The van der Waals surface area contributed by atoms with Crippen molar-refractivity contribution in [2.75, 3.05) is 0 Å². The molecule has 0 radical (unpaired) electrons. The molecule has 0 saturated carbocycles. The van der Waals surface area contributed by atoms with Crippen molar-refractivity contribution in [2.45, 2.75) is 19.0 Å². The number of halogens is 2. The van der Waals surface area contributed by atoms with Crippen molar-refractivity contribution in [1.29, 1.82) is 0 Å². The zero-order chi connectivity index (χ0) is 16.0. The molecule has 0 unspecified atom stereocenters. The zero-order valence-electron chi connectivity index (χ0n) is 10.6. The van der Waals surface area contributed by atoms with E-state index in [9.17, 15) is 23.2 Å². The molecule has 9 heteroatoms. The van der Waals surface area contributed by atoms with Gasteiger partial charge in [-0.05, 0) is 18.2 Å². The van der Waals surface area contributed by atoms with Crippen LogP contribution < -0.4 is 10.6 Å². The van der Waals surface area contributed by atoms with Crippen LogP contribution in [0.15, 0.2) is 18.2 Å². The molecule has 1 aromatic rings. The molecular formula is C12H12F2N2O5. The monoisotopic (exact) mass is 302 g/mol. The highest BCUT2D eigenvalue weighted by atomic mass is 19.1. The summed E-state index contributed by atoms with van der Waals surface area (Å²) >= 11 is 0. The molecule has 4 N–H and O–H groups in total. The van der Waals surface area contributed by atoms with Crippen LogP contribution in [0.2, 0.25) is 0 Å². The van der Waals surface area contributed by atoms with Crippen LogP contribution in [-0.4, -0.2) is 34.2 Å². The lowest BCUT2D eigenvalue weighted by Gasteiger charge is -2.13. The molecule has 2 amide bonds. The summed E-state index contributed by atoms with van der Waals surface area (Å²) in [4.78, 5) is 32.6. The van der Waals surface area contributed by atoms with Gasteiger partial charge < -0.3 is 20.8 Å². The molecule has 1 aromatic carbocycles. The molecule has 7 nitrogen and oxygen atoms in total. The molecule has 1 rings (SSSR count). The van der Waals surface area contributed by atoms with E-state index < -0.39 is 42.1 Å². The molecule has 0 fully saturated rings. The van der Waals surface area contributed by atoms with Crippen molar-refractivity contribution in [3.63, 3.8) is 0 Å². The van der Waals surface area contributed by atoms with Gasteiger partial charge in [-0.25, -0.2) is 18.4 Å². The molecule has 0 heterocycles. The van der Waals surface area contributed by atoms with Gasteiger partial charge in [-0.3, -0.25) is 4.79 Å². The van der Waals surface area contributed by atoms with Gasteiger partial charge in [0.25, 0.3) is 0 Å². The Morgan fingerprint density at radius 2 is 1.86 bits per heavy atom. The number of aliphatic carboxylic acids is 2. The Labute approximate surface area is 117 Å². The Morgan fingerprint density at radius 1 is 1.19 bits per heavy atom. The van der Waals surface area contributed by atoms with E-state index >= 15 is 0 Å². The molecule has 0 aliphatic carbocycles. The highest BCUT2D eigenvalue weighted by Gasteiger charge is 2.22. The third-order valence-corrected chi connectivity index (χ3v) is 2.43. The van der Waals surface area contributed by atoms with Crippen LogP contribution in [0.5, 0.6) is 0 Å². The van der Waals surface area contributed by atoms with E-state index in [2.05, 4.69) is 5.32 Å². The number of amides is 2. The van der Waals surface area contributed by atoms with E-state index in [1.807, 2.05) is 5.32 Å². The molecule has 0 aliphatic heterocycles. The number of hydrogen-bond donors (Lipinski definition) is 4. The topological polar surface area (TPSA) is 116 Å². The van der Waals surface area contributed by atoms with Gasteiger partial charge in [-0.1, -0.05) is 0 Å². The highest BCUT2D eigenvalue weighted by Crippen LogP contribution is 2.09. The molecule has 114 valence electrons. The third-order valence-electron chi connectivity index (χ3n) is 2.43. The minimum atomic E-state index is -1.63. The Hall–Kier alpha value is -2.71. The molecule has 0 aliphatic rings. The largest absolute Gasteiger partial charge is 0.481 e. The number of urea groups is 1. The van der Waals surface area contributed by atoms with Gasteiger partial charge in [0.2, 0.25) is 0 Å². The summed E-state index contributed by atoms with van der Waals surface area (Å²) in [7, 11) is 0. The van der Waals surface area contributed by atoms with Gasteiger partial charge in [0.1, 0.15) is 17.7 Å². The van der Waals surface area contributed by atoms with Crippen molar-refractivity contribution < 1.29 is 33.4 Å². The van der Waals surface area contributed by atoms with Gasteiger partial charge in [0.05, 0.1) is 6.42 Å². The normalized spacial score (nSPS) is 11.5. The number of benzene rings is 1. The number of carboxylic acids is 2. The smallest absolute Gasteiger partial charge is 0.326 e. The SMILES string of the molecule is O=C(O)C[C@H](NC(=O)NCc1cc(F)ccc1F)C(=O)O. The van der Waals surface area contributed by atoms with Crippen molar-refractivity contribution in [1.82, 2.24) is 10.6 Å². The van der Waals surface area contributed by atoms with Crippen molar-refractivity contribution in [2.24, 2.45) is 0 Å². The summed E-state index contributed by atoms with van der Waals surface area (Å²) in [5.74, 6) is -4.36. The summed E-state index contributed by atoms with van der Waals surface area (Å²) in [6, 6.07) is 0.0369. The van der Waals surface area contributed by atoms with Crippen molar-refractivity contribution >= 4 is 18.0 Å². The first-order valence-corrected chi connectivity index (χ1v) is 5.72. The summed E-state index contributed by atoms with van der Waals surface area (Å²) in [6.45, 7) is -0.380. The van der Waals surface area contributed by atoms with E-state index in [1.54, 1.807) is 0 Å². The first-order chi connectivity index (χ1) is 9.79. The van der Waals surface area contributed by atoms with Gasteiger partial charge >= 0.3 is 18.0 Å². The Bertz CT molecular complexity index is 565. The molecule has 0 bridgehead atoms.